The summed E-state index contributed by atoms with van der Waals surface area (Å²) in [6.07, 6.45) is 5.43. The molecule has 66 valence electrons. The lowest BCUT2D eigenvalue weighted by atomic mass is 10.1. The topological polar surface area (TPSA) is 25.8 Å². The van der Waals surface area contributed by atoms with Gasteiger partial charge >= 0.3 is 0 Å². The predicted octanol–water partition coefficient (Wildman–Crippen LogP) is 2.72. The molecular weight excluding hydrogens is 172 g/mol. The third-order valence-electron chi connectivity index (χ3n) is 1.63. The van der Waals surface area contributed by atoms with Crippen LogP contribution in [0.1, 0.15) is 26.0 Å². The van der Waals surface area contributed by atoms with E-state index in [-0.39, 0.29) is 0 Å². The summed E-state index contributed by atoms with van der Waals surface area (Å²) in [6.45, 7) is 4.38. The lowest BCUT2D eigenvalue weighted by molar-refractivity contribution is 0.580. The van der Waals surface area contributed by atoms with E-state index in [1.165, 1.54) is 0 Å². The second-order valence-electron chi connectivity index (χ2n) is 3.27. The molecule has 0 saturated carbocycles. The second kappa shape index (κ2) is 4.41. The summed E-state index contributed by atoms with van der Waals surface area (Å²) >= 11 is 5.69. The fraction of sp³-hybridized carbons (Fsp3) is 0.556. The van der Waals surface area contributed by atoms with Crippen LogP contribution in [0.15, 0.2) is 12.4 Å². The van der Waals surface area contributed by atoms with Gasteiger partial charge < -0.3 is 0 Å². The van der Waals surface area contributed by atoms with Crippen LogP contribution in [0.4, 0.5) is 0 Å². The number of nitrogens with zero attached hydrogens (tertiary/aromatic N) is 2. The van der Waals surface area contributed by atoms with Crippen molar-refractivity contribution in [2.75, 3.05) is 0 Å². The van der Waals surface area contributed by atoms with Crippen molar-refractivity contribution >= 4 is 11.6 Å². The van der Waals surface area contributed by atoms with Crippen molar-refractivity contribution in [3.05, 3.63) is 23.2 Å². The molecule has 1 rings (SSSR count). The molecule has 0 unspecified atom stereocenters. The molecule has 0 atom stereocenters. The molecular formula is C9H13ClN2. The van der Waals surface area contributed by atoms with Crippen molar-refractivity contribution in [2.45, 2.75) is 26.7 Å². The van der Waals surface area contributed by atoms with Gasteiger partial charge in [-0.3, -0.25) is 4.98 Å². The Balaban J connectivity index is 2.52. The molecule has 1 aromatic rings. The minimum atomic E-state index is 0.483. The number of aromatic nitrogens is 2. The number of halogens is 1. The fourth-order valence-corrected chi connectivity index (χ4v) is 1.10. The van der Waals surface area contributed by atoms with E-state index in [1.807, 2.05) is 0 Å². The van der Waals surface area contributed by atoms with Gasteiger partial charge in [0.2, 0.25) is 0 Å². The summed E-state index contributed by atoms with van der Waals surface area (Å²) in [5, 5.41) is 0.483. The number of rotatable bonds is 3. The summed E-state index contributed by atoms with van der Waals surface area (Å²) < 4.78 is 0. The number of hydrogen-bond acceptors (Lipinski definition) is 2. The summed E-state index contributed by atoms with van der Waals surface area (Å²) in [5.41, 5.74) is 0.983. The minimum Gasteiger partial charge on any atom is -0.260 e. The molecule has 12 heavy (non-hydrogen) atoms. The lowest BCUT2D eigenvalue weighted by Crippen LogP contribution is -1.95. The van der Waals surface area contributed by atoms with Crippen LogP contribution in [0.3, 0.4) is 0 Å². The normalized spacial score (nSPS) is 10.7. The van der Waals surface area contributed by atoms with E-state index in [9.17, 15) is 0 Å². The van der Waals surface area contributed by atoms with Crippen LogP contribution in [0.25, 0.3) is 0 Å². The SMILES string of the molecule is CC(C)CCc1cncc(Cl)n1. The zero-order chi connectivity index (χ0) is 8.97. The van der Waals surface area contributed by atoms with Crippen LogP contribution in [0, 0.1) is 5.92 Å². The number of hydrogen-bond donors (Lipinski definition) is 0. The third-order valence-corrected chi connectivity index (χ3v) is 1.81. The quantitative estimate of drug-likeness (QED) is 0.722. The fourth-order valence-electron chi connectivity index (χ4n) is 0.937. The molecule has 2 nitrogen and oxygen atoms in total. The molecule has 3 heteroatoms. The van der Waals surface area contributed by atoms with Crippen LogP contribution >= 0.6 is 11.6 Å². The Hall–Kier alpha value is -0.630. The first-order valence-corrected chi connectivity index (χ1v) is 4.52. The standard InChI is InChI=1S/C9H13ClN2/c1-7(2)3-4-8-5-11-6-9(10)12-8/h5-7H,3-4H2,1-2H3. The van der Waals surface area contributed by atoms with Gasteiger partial charge in [0.15, 0.2) is 0 Å². The van der Waals surface area contributed by atoms with Crippen LogP contribution < -0.4 is 0 Å². The predicted molar refractivity (Wildman–Crippen MR) is 50.2 cm³/mol. The molecule has 1 heterocycles. The second-order valence-corrected chi connectivity index (χ2v) is 3.65. The smallest absolute Gasteiger partial charge is 0.147 e. The molecule has 0 aliphatic heterocycles. The molecule has 1 aromatic heterocycles. The molecule has 0 radical (unpaired) electrons. The molecule has 0 aromatic carbocycles. The van der Waals surface area contributed by atoms with Crippen LogP contribution in [0.5, 0.6) is 0 Å². The van der Waals surface area contributed by atoms with Gasteiger partial charge in [0.1, 0.15) is 5.15 Å². The lowest BCUT2D eigenvalue weighted by Gasteiger charge is -2.02. The summed E-state index contributed by atoms with van der Waals surface area (Å²) in [5.74, 6) is 0.700. The molecule has 0 fully saturated rings. The van der Waals surface area contributed by atoms with Gasteiger partial charge in [-0.2, -0.15) is 0 Å². The molecule has 0 aliphatic carbocycles. The molecule has 0 N–H and O–H groups in total. The highest BCUT2D eigenvalue weighted by molar-refractivity contribution is 6.29. The van der Waals surface area contributed by atoms with E-state index in [1.54, 1.807) is 12.4 Å². The van der Waals surface area contributed by atoms with Crippen molar-refractivity contribution in [3.63, 3.8) is 0 Å². The Kier molecular flexibility index (Phi) is 3.48. The first-order valence-electron chi connectivity index (χ1n) is 4.15. The first kappa shape index (κ1) is 9.46. The van der Waals surface area contributed by atoms with Crippen molar-refractivity contribution < 1.29 is 0 Å². The maximum atomic E-state index is 5.69. The average Bonchev–Trinajstić information content (AvgIpc) is 2.01. The first-order chi connectivity index (χ1) is 5.68. The van der Waals surface area contributed by atoms with Gasteiger partial charge in [0, 0.05) is 6.20 Å². The minimum absolute atomic E-state index is 0.483. The van der Waals surface area contributed by atoms with E-state index in [2.05, 4.69) is 23.8 Å². The zero-order valence-corrected chi connectivity index (χ0v) is 8.17. The van der Waals surface area contributed by atoms with Crippen molar-refractivity contribution in [2.24, 2.45) is 5.92 Å². The maximum Gasteiger partial charge on any atom is 0.147 e. The Bertz CT molecular complexity index is 248. The van der Waals surface area contributed by atoms with Crippen molar-refractivity contribution in [1.82, 2.24) is 9.97 Å². The van der Waals surface area contributed by atoms with Gasteiger partial charge in [-0.15, -0.1) is 0 Å². The van der Waals surface area contributed by atoms with E-state index >= 15 is 0 Å². The summed E-state index contributed by atoms with van der Waals surface area (Å²) in [6, 6.07) is 0. The van der Waals surface area contributed by atoms with E-state index in [0.717, 1.165) is 18.5 Å². The Morgan fingerprint density at radius 2 is 2.17 bits per heavy atom. The van der Waals surface area contributed by atoms with E-state index < -0.39 is 0 Å². The summed E-state index contributed by atoms with van der Waals surface area (Å²) in [4.78, 5) is 8.12. The molecule has 0 saturated heterocycles. The van der Waals surface area contributed by atoms with Gasteiger partial charge in [0.25, 0.3) is 0 Å². The van der Waals surface area contributed by atoms with Gasteiger partial charge in [-0.25, -0.2) is 4.98 Å². The average molecular weight is 185 g/mol. The molecule has 0 amide bonds. The third kappa shape index (κ3) is 3.18. The highest BCUT2D eigenvalue weighted by Crippen LogP contribution is 2.08. The van der Waals surface area contributed by atoms with E-state index in [0.29, 0.717) is 11.1 Å². The largest absolute Gasteiger partial charge is 0.260 e. The van der Waals surface area contributed by atoms with E-state index in [4.69, 9.17) is 11.6 Å². The van der Waals surface area contributed by atoms with Gasteiger partial charge in [0.05, 0.1) is 11.9 Å². The maximum absolute atomic E-state index is 5.69. The monoisotopic (exact) mass is 184 g/mol. The van der Waals surface area contributed by atoms with Gasteiger partial charge in [-0.05, 0) is 18.8 Å². The van der Waals surface area contributed by atoms with Crippen molar-refractivity contribution in [3.8, 4) is 0 Å². The van der Waals surface area contributed by atoms with Crippen LogP contribution in [-0.4, -0.2) is 9.97 Å². The van der Waals surface area contributed by atoms with Gasteiger partial charge in [-0.1, -0.05) is 25.4 Å². The Morgan fingerprint density at radius 3 is 2.75 bits per heavy atom. The summed E-state index contributed by atoms with van der Waals surface area (Å²) in [7, 11) is 0. The zero-order valence-electron chi connectivity index (χ0n) is 7.42. The number of aryl methyl sites for hydroxylation is 1. The molecule has 0 spiro atoms. The molecule has 0 aliphatic rings. The Labute approximate surface area is 78.0 Å². The Morgan fingerprint density at radius 1 is 1.42 bits per heavy atom. The molecule has 0 bridgehead atoms. The van der Waals surface area contributed by atoms with Crippen LogP contribution in [0.2, 0.25) is 5.15 Å². The highest BCUT2D eigenvalue weighted by atomic mass is 35.5. The van der Waals surface area contributed by atoms with Crippen molar-refractivity contribution in [1.29, 1.82) is 0 Å². The van der Waals surface area contributed by atoms with Crippen LogP contribution in [-0.2, 0) is 6.42 Å². The highest BCUT2D eigenvalue weighted by Gasteiger charge is 1.98.